The van der Waals surface area contributed by atoms with Gasteiger partial charge in [0, 0.05) is 20.1 Å². The van der Waals surface area contributed by atoms with E-state index in [-0.39, 0.29) is 0 Å². The van der Waals surface area contributed by atoms with Crippen LogP contribution in [0.4, 0.5) is 0 Å². The number of nitrogens with one attached hydrogen (secondary N) is 1. The van der Waals surface area contributed by atoms with Crippen LogP contribution < -0.4 is 5.32 Å². The van der Waals surface area contributed by atoms with Crippen molar-refractivity contribution in [1.29, 1.82) is 0 Å². The van der Waals surface area contributed by atoms with Crippen LogP contribution in [0.15, 0.2) is 0 Å². The van der Waals surface area contributed by atoms with E-state index in [1.54, 1.807) is 7.05 Å². The summed E-state index contributed by atoms with van der Waals surface area (Å²) in [6.07, 6.45) is 0.625. The topological polar surface area (TPSA) is 41.6 Å². The Balaban J connectivity index is -0.000000243. The molecule has 0 spiro atoms. The number of ether oxygens (including phenoxy) is 1. The van der Waals surface area contributed by atoms with Crippen LogP contribution >= 0.6 is 0 Å². The van der Waals surface area contributed by atoms with E-state index in [0.29, 0.717) is 6.41 Å². The van der Waals surface area contributed by atoms with Crippen LogP contribution in [0, 0.1) is 17.8 Å². The normalized spacial score (nSPS) is 13.0. The molecule has 0 atom stereocenters. The SMILES string of the molecule is CC.CC#CCN1CCOCC1.CC(C)C.CNC=O. The molecule has 1 rings (SSSR count). The minimum Gasteiger partial charge on any atom is -0.379 e. The molecule has 0 saturated carbocycles. The van der Waals surface area contributed by atoms with Crippen molar-refractivity contribution in [3.8, 4) is 11.8 Å². The largest absolute Gasteiger partial charge is 0.379 e. The van der Waals surface area contributed by atoms with Gasteiger partial charge in [0.2, 0.25) is 6.41 Å². The Morgan fingerprint density at radius 1 is 1.25 bits per heavy atom. The van der Waals surface area contributed by atoms with Gasteiger partial charge in [-0.15, -0.1) is 5.92 Å². The van der Waals surface area contributed by atoms with E-state index >= 15 is 0 Å². The Labute approximate surface area is 126 Å². The zero-order chi connectivity index (χ0) is 16.2. The Bertz CT molecular complexity index is 224. The van der Waals surface area contributed by atoms with Crippen LogP contribution in [0.25, 0.3) is 0 Å². The summed E-state index contributed by atoms with van der Waals surface area (Å²) in [5.74, 6) is 6.75. The van der Waals surface area contributed by atoms with Crippen LogP contribution in [0.2, 0.25) is 0 Å². The van der Waals surface area contributed by atoms with Crippen LogP contribution in [-0.2, 0) is 9.53 Å². The Kier molecular flexibility index (Phi) is 27.7. The molecule has 1 aliphatic heterocycles. The highest BCUT2D eigenvalue weighted by Gasteiger charge is 2.07. The van der Waals surface area contributed by atoms with Gasteiger partial charge in [0.1, 0.15) is 0 Å². The molecule has 0 aromatic carbocycles. The molecular formula is C16H34N2O2. The van der Waals surface area contributed by atoms with Crippen molar-refractivity contribution in [3.63, 3.8) is 0 Å². The fourth-order valence-electron chi connectivity index (χ4n) is 0.950. The van der Waals surface area contributed by atoms with Crippen molar-refractivity contribution in [1.82, 2.24) is 10.2 Å². The van der Waals surface area contributed by atoms with E-state index < -0.39 is 0 Å². The maximum Gasteiger partial charge on any atom is 0.206 e. The van der Waals surface area contributed by atoms with Gasteiger partial charge in [-0.25, -0.2) is 0 Å². The van der Waals surface area contributed by atoms with Gasteiger partial charge in [0.25, 0.3) is 0 Å². The van der Waals surface area contributed by atoms with Gasteiger partial charge in [-0.3, -0.25) is 9.69 Å². The van der Waals surface area contributed by atoms with Crippen molar-refractivity contribution in [2.24, 2.45) is 5.92 Å². The first kappa shape index (κ1) is 24.0. The summed E-state index contributed by atoms with van der Waals surface area (Å²) in [5, 5.41) is 2.25. The minimum absolute atomic E-state index is 0.625. The predicted octanol–water partition coefficient (Wildman–Crippen LogP) is 2.39. The van der Waals surface area contributed by atoms with Crippen molar-refractivity contribution in [2.45, 2.75) is 41.5 Å². The average molecular weight is 286 g/mol. The number of morpholine rings is 1. The maximum atomic E-state index is 9.06. The van der Waals surface area contributed by atoms with Crippen LogP contribution in [0.3, 0.4) is 0 Å². The molecule has 0 bridgehead atoms. The highest BCUT2D eigenvalue weighted by atomic mass is 16.5. The summed E-state index contributed by atoms with van der Waals surface area (Å²) in [5.41, 5.74) is 0. The third kappa shape index (κ3) is 30.2. The second kappa shape index (κ2) is 23.1. The molecule has 4 nitrogen and oxygen atoms in total. The summed E-state index contributed by atoms with van der Waals surface area (Å²) in [6, 6.07) is 0. The van der Waals surface area contributed by atoms with E-state index in [0.717, 1.165) is 38.8 Å². The fraction of sp³-hybridized carbons (Fsp3) is 0.812. The molecule has 0 aromatic rings. The fourth-order valence-corrected chi connectivity index (χ4v) is 0.950. The zero-order valence-corrected chi connectivity index (χ0v) is 14.5. The molecule has 1 amide bonds. The molecule has 4 heteroatoms. The lowest BCUT2D eigenvalue weighted by Crippen LogP contribution is -2.36. The number of nitrogens with zero attached hydrogens (tertiary/aromatic N) is 1. The summed E-state index contributed by atoms with van der Waals surface area (Å²) in [7, 11) is 1.56. The van der Waals surface area contributed by atoms with Gasteiger partial charge < -0.3 is 10.1 Å². The van der Waals surface area contributed by atoms with Crippen LogP contribution in [0.1, 0.15) is 41.5 Å². The van der Waals surface area contributed by atoms with Gasteiger partial charge in [0.15, 0.2) is 0 Å². The number of carbonyl (C=O) groups excluding carboxylic acids is 1. The number of rotatable bonds is 2. The average Bonchev–Trinajstić information content (AvgIpc) is 2.48. The number of amides is 1. The van der Waals surface area contributed by atoms with Crippen molar-refractivity contribution in [2.75, 3.05) is 39.9 Å². The molecule has 0 aliphatic carbocycles. The van der Waals surface area contributed by atoms with Gasteiger partial charge in [-0.2, -0.15) is 0 Å². The summed E-state index contributed by atoms with van der Waals surface area (Å²) in [6.45, 7) is 17.1. The van der Waals surface area contributed by atoms with E-state index in [9.17, 15) is 0 Å². The monoisotopic (exact) mass is 286 g/mol. The highest BCUT2D eigenvalue weighted by Crippen LogP contribution is 1.94. The first-order valence-corrected chi connectivity index (χ1v) is 7.39. The first-order chi connectivity index (χ1) is 9.58. The van der Waals surface area contributed by atoms with Crippen molar-refractivity contribution in [3.05, 3.63) is 0 Å². The molecule has 0 unspecified atom stereocenters. The van der Waals surface area contributed by atoms with E-state index in [1.807, 2.05) is 20.8 Å². The van der Waals surface area contributed by atoms with Gasteiger partial charge in [-0.05, 0) is 12.8 Å². The lowest BCUT2D eigenvalue weighted by atomic mass is 10.3. The van der Waals surface area contributed by atoms with Crippen LogP contribution in [-0.4, -0.2) is 51.2 Å². The smallest absolute Gasteiger partial charge is 0.206 e. The number of hydrogen-bond donors (Lipinski definition) is 1. The molecule has 1 N–H and O–H groups in total. The van der Waals surface area contributed by atoms with Gasteiger partial charge >= 0.3 is 0 Å². The third-order valence-electron chi connectivity index (χ3n) is 1.70. The number of carbonyl (C=O) groups is 1. The molecule has 0 radical (unpaired) electrons. The Morgan fingerprint density at radius 2 is 1.65 bits per heavy atom. The van der Waals surface area contributed by atoms with E-state index in [1.165, 1.54) is 0 Å². The Morgan fingerprint density at radius 3 is 1.95 bits per heavy atom. The first-order valence-electron chi connectivity index (χ1n) is 7.39. The molecule has 20 heavy (non-hydrogen) atoms. The van der Waals surface area contributed by atoms with Crippen molar-refractivity contribution >= 4 is 6.41 Å². The summed E-state index contributed by atoms with van der Waals surface area (Å²) < 4.78 is 5.19. The van der Waals surface area contributed by atoms with Crippen molar-refractivity contribution < 1.29 is 9.53 Å². The lowest BCUT2D eigenvalue weighted by molar-refractivity contribution is -0.109. The van der Waals surface area contributed by atoms with E-state index in [4.69, 9.17) is 9.53 Å². The molecule has 120 valence electrons. The summed E-state index contributed by atoms with van der Waals surface area (Å²) >= 11 is 0. The Hall–Kier alpha value is -1.05. The lowest BCUT2D eigenvalue weighted by Gasteiger charge is -2.24. The van der Waals surface area contributed by atoms with E-state index in [2.05, 4.69) is 42.8 Å². The predicted molar refractivity (Wildman–Crippen MR) is 87.7 cm³/mol. The maximum absolute atomic E-state index is 9.06. The highest BCUT2D eigenvalue weighted by molar-refractivity contribution is 5.44. The molecule has 1 aliphatic rings. The van der Waals surface area contributed by atoms with Gasteiger partial charge in [0.05, 0.1) is 19.8 Å². The molecule has 1 fully saturated rings. The van der Waals surface area contributed by atoms with Gasteiger partial charge in [-0.1, -0.05) is 40.5 Å². The molecular weight excluding hydrogens is 252 g/mol. The summed E-state index contributed by atoms with van der Waals surface area (Å²) in [4.78, 5) is 11.4. The second-order valence-electron chi connectivity index (χ2n) is 4.45. The quantitative estimate of drug-likeness (QED) is 0.626. The standard InChI is InChI=1S/C8H13NO.C4H10.C2H5NO.C2H6/c1-2-3-4-9-5-7-10-8-6-9;1-4(2)3;1-3-2-4;1-2/h4-8H2,1H3;4H,1-3H3;2H,1H3,(H,3,4);1-2H3. The van der Waals surface area contributed by atoms with Crippen LogP contribution in [0.5, 0.6) is 0 Å². The zero-order valence-electron chi connectivity index (χ0n) is 14.5. The number of hydrogen-bond acceptors (Lipinski definition) is 3. The molecule has 1 saturated heterocycles. The molecule has 0 aromatic heterocycles. The second-order valence-corrected chi connectivity index (χ2v) is 4.45. The minimum atomic E-state index is 0.625. The third-order valence-corrected chi connectivity index (χ3v) is 1.70. The molecule has 1 heterocycles.